The molecule has 1 unspecified atom stereocenters. The van der Waals surface area contributed by atoms with Gasteiger partial charge < -0.3 is 4.74 Å². The van der Waals surface area contributed by atoms with Gasteiger partial charge in [-0.25, -0.2) is 0 Å². The van der Waals surface area contributed by atoms with Crippen molar-refractivity contribution in [2.24, 2.45) is 5.41 Å². The SMILES string of the molecule is CC1(C)CC(=O)C2=C(C1)Oc1ccc3ccccc3c1C2c1ccc(Cl)c([N+](=O)[O-])c1. The molecular formula is C25H20ClNO4. The fourth-order valence-corrected chi connectivity index (χ4v) is 5.00. The van der Waals surface area contributed by atoms with Crippen molar-refractivity contribution in [3.8, 4) is 5.75 Å². The van der Waals surface area contributed by atoms with E-state index in [4.69, 9.17) is 16.3 Å². The normalized spacial score (nSPS) is 19.6. The standard InChI is InChI=1S/C25H20ClNO4/c1-25(2)12-19(28)24-21(13-25)31-20-10-8-14-5-3-4-6-16(14)23(20)22(24)15-7-9-17(26)18(11-15)27(29)30/h3-11,22H,12-13H2,1-2H3. The molecule has 0 fully saturated rings. The van der Waals surface area contributed by atoms with Crippen LogP contribution < -0.4 is 4.74 Å². The zero-order valence-corrected chi connectivity index (χ0v) is 17.9. The summed E-state index contributed by atoms with van der Waals surface area (Å²) in [4.78, 5) is 24.4. The number of halogens is 1. The van der Waals surface area contributed by atoms with Crippen molar-refractivity contribution in [1.82, 2.24) is 0 Å². The van der Waals surface area contributed by atoms with Crippen LogP contribution in [0.1, 0.15) is 43.7 Å². The maximum atomic E-state index is 13.4. The lowest BCUT2D eigenvalue weighted by atomic mass is 9.69. The van der Waals surface area contributed by atoms with Gasteiger partial charge >= 0.3 is 0 Å². The van der Waals surface area contributed by atoms with E-state index in [1.165, 1.54) is 12.1 Å². The summed E-state index contributed by atoms with van der Waals surface area (Å²) in [7, 11) is 0. The second kappa shape index (κ2) is 6.92. The predicted molar refractivity (Wildman–Crippen MR) is 120 cm³/mol. The first-order valence-corrected chi connectivity index (χ1v) is 10.5. The highest BCUT2D eigenvalue weighted by molar-refractivity contribution is 6.32. The quantitative estimate of drug-likeness (QED) is 0.338. The van der Waals surface area contributed by atoms with Gasteiger partial charge in [-0.2, -0.15) is 0 Å². The summed E-state index contributed by atoms with van der Waals surface area (Å²) in [5.41, 5.74) is 1.75. The highest BCUT2D eigenvalue weighted by atomic mass is 35.5. The van der Waals surface area contributed by atoms with Crippen molar-refractivity contribution in [3.63, 3.8) is 0 Å². The third kappa shape index (κ3) is 3.20. The van der Waals surface area contributed by atoms with Gasteiger partial charge in [-0.15, -0.1) is 0 Å². The lowest BCUT2D eigenvalue weighted by Gasteiger charge is -2.38. The molecule has 1 heterocycles. The Kier molecular flexibility index (Phi) is 4.41. The van der Waals surface area contributed by atoms with Gasteiger partial charge in [0.15, 0.2) is 5.78 Å². The summed E-state index contributed by atoms with van der Waals surface area (Å²) in [5, 5.41) is 13.6. The minimum Gasteiger partial charge on any atom is -0.461 e. The van der Waals surface area contributed by atoms with Crippen molar-refractivity contribution in [1.29, 1.82) is 0 Å². The Bertz CT molecular complexity index is 1310. The number of nitro groups is 1. The number of carbonyl (C=O) groups excluding carboxylic acids is 1. The van der Waals surface area contributed by atoms with Gasteiger partial charge in [0.1, 0.15) is 16.5 Å². The Hall–Kier alpha value is -3.18. The molecule has 1 aliphatic heterocycles. The summed E-state index contributed by atoms with van der Waals surface area (Å²) >= 11 is 6.08. The van der Waals surface area contributed by atoms with E-state index in [0.717, 1.165) is 16.3 Å². The van der Waals surface area contributed by atoms with Crippen molar-refractivity contribution in [2.45, 2.75) is 32.6 Å². The van der Waals surface area contributed by atoms with E-state index in [2.05, 4.69) is 13.8 Å². The zero-order chi connectivity index (χ0) is 21.9. The number of rotatable bonds is 2. The lowest BCUT2D eigenvalue weighted by Crippen LogP contribution is -2.33. The van der Waals surface area contributed by atoms with E-state index >= 15 is 0 Å². The number of nitro benzene ring substituents is 1. The van der Waals surface area contributed by atoms with Gasteiger partial charge in [0, 0.05) is 36.0 Å². The fourth-order valence-electron chi connectivity index (χ4n) is 4.81. The topological polar surface area (TPSA) is 69.4 Å². The van der Waals surface area contributed by atoms with Crippen molar-refractivity contribution in [2.75, 3.05) is 0 Å². The Balaban J connectivity index is 1.83. The van der Waals surface area contributed by atoms with Crippen LogP contribution in [0.4, 0.5) is 5.69 Å². The monoisotopic (exact) mass is 433 g/mol. The number of nitrogens with zero attached hydrogens (tertiary/aromatic N) is 1. The Morgan fingerprint density at radius 3 is 2.65 bits per heavy atom. The molecule has 0 saturated carbocycles. The molecule has 0 radical (unpaired) electrons. The van der Waals surface area contributed by atoms with Crippen LogP contribution in [0, 0.1) is 15.5 Å². The predicted octanol–water partition coefficient (Wildman–Crippen LogP) is 6.57. The van der Waals surface area contributed by atoms with E-state index < -0.39 is 10.8 Å². The Morgan fingerprint density at radius 1 is 1.10 bits per heavy atom. The summed E-state index contributed by atoms with van der Waals surface area (Å²) in [6, 6.07) is 16.6. The molecule has 0 bridgehead atoms. The zero-order valence-electron chi connectivity index (χ0n) is 17.1. The minimum atomic E-state index is -0.490. The molecule has 0 saturated heterocycles. The maximum Gasteiger partial charge on any atom is 0.288 e. The van der Waals surface area contributed by atoms with E-state index in [9.17, 15) is 14.9 Å². The van der Waals surface area contributed by atoms with Gasteiger partial charge in [0.05, 0.1) is 4.92 Å². The molecule has 0 spiro atoms. The van der Waals surface area contributed by atoms with Gasteiger partial charge in [-0.1, -0.05) is 61.8 Å². The Morgan fingerprint density at radius 2 is 1.87 bits per heavy atom. The van der Waals surface area contributed by atoms with Crippen molar-refractivity contribution in [3.05, 3.63) is 92.2 Å². The second-order valence-electron chi connectivity index (χ2n) is 8.98. The van der Waals surface area contributed by atoms with E-state index in [0.29, 0.717) is 35.5 Å². The molecule has 2 aliphatic rings. The van der Waals surface area contributed by atoms with E-state index in [-0.39, 0.29) is 21.9 Å². The minimum absolute atomic E-state index is 0.0208. The van der Waals surface area contributed by atoms with Crippen LogP contribution in [0.25, 0.3) is 10.8 Å². The number of hydrogen-bond acceptors (Lipinski definition) is 4. The molecule has 5 nitrogen and oxygen atoms in total. The maximum absolute atomic E-state index is 13.4. The molecule has 0 amide bonds. The molecule has 3 aromatic carbocycles. The molecule has 1 atom stereocenters. The first kappa shape index (κ1) is 19.8. The number of benzene rings is 3. The molecule has 0 aromatic heterocycles. The number of fused-ring (bicyclic) bond motifs is 3. The number of hydrogen-bond donors (Lipinski definition) is 0. The molecular weight excluding hydrogens is 414 g/mol. The summed E-state index contributed by atoms with van der Waals surface area (Å²) < 4.78 is 6.30. The third-order valence-electron chi connectivity index (χ3n) is 6.12. The molecule has 3 aromatic rings. The lowest BCUT2D eigenvalue weighted by molar-refractivity contribution is -0.384. The van der Waals surface area contributed by atoms with Crippen LogP contribution in [0.15, 0.2) is 65.9 Å². The third-order valence-corrected chi connectivity index (χ3v) is 6.44. The molecule has 31 heavy (non-hydrogen) atoms. The number of ether oxygens (including phenoxy) is 1. The average molecular weight is 434 g/mol. The van der Waals surface area contributed by atoms with Gasteiger partial charge in [-0.3, -0.25) is 14.9 Å². The van der Waals surface area contributed by atoms with Crippen LogP contribution >= 0.6 is 11.6 Å². The van der Waals surface area contributed by atoms with Gasteiger partial charge in [0.2, 0.25) is 0 Å². The van der Waals surface area contributed by atoms with Crippen LogP contribution in [-0.4, -0.2) is 10.7 Å². The largest absolute Gasteiger partial charge is 0.461 e. The molecule has 6 heteroatoms. The van der Waals surface area contributed by atoms with E-state index in [1.54, 1.807) is 6.07 Å². The van der Waals surface area contributed by atoms with Gasteiger partial charge in [0.25, 0.3) is 5.69 Å². The smallest absolute Gasteiger partial charge is 0.288 e. The average Bonchev–Trinajstić information content (AvgIpc) is 2.71. The highest BCUT2D eigenvalue weighted by Gasteiger charge is 2.43. The number of Topliss-reactive ketones (excluding diaryl/α,β-unsaturated/α-hetero) is 1. The molecule has 5 rings (SSSR count). The molecule has 156 valence electrons. The number of ketones is 1. The first-order chi connectivity index (χ1) is 14.7. The highest BCUT2D eigenvalue weighted by Crippen LogP contribution is 2.52. The fraction of sp³-hybridized carbons (Fsp3) is 0.240. The number of carbonyl (C=O) groups is 1. The second-order valence-corrected chi connectivity index (χ2v) is 9.39. The Labute approximate surface area is 184 Å². The van der Waals surface area contributed by atoms with Crippen molar-refractivity contribution < 1.29 is 14.5 Å². The van der Waals surface area contributed by atoms with Crippen LogP contribution in [0.3, 0.4) is 0 Å². The summed E-state index contributed by atoms with van der Waals surface area (Å²) in [5.74, 6) is 0.911. The first-order valence-electron chi connectivity index (χ1n) is 10.1. The van der Waals surface area contributed by atoms with Crippen LogP contribution in [0.5, 0.6) is 5.75 Å². The van der Waals surface area contributed by atoms with Gasteiger partial charge in [-0.05, 0) is 33.9 Å². The molecule has 0 N–H and O–H groups in total. The van der Waals surface area contributed by atoms with Crippen LogP contribution in [0.2, 0.25) is 5.02 Å². The number of allylic oxidation sites excluding steroid dienone is 2. The summed E-state index contributed by atoms with van der Waals surface area (Å²) in [6.45, 7) is 4.10. The van der Waals surface area contributed by atoms with Crippen LogP contribution in [-0.2, 0) is 4.79 Å². The van der Waals surface area contributed by atoms with Crippen molar-refractivity contribution >= 4 is 33.8 Å². The molecule has 1 aliphatic carbocycles. The summed E-state index contributed by atoms with van der Waals surface area (Å²) in [6.07, 6.45) is 1.04. The van der Waals surface area contributed by atoms with E-state index in [1.807, 2.05) is 36.4 Å².